The third-order valence-electron chi connectivity index (χ3n) is 7.04. The van der Waals surface area contributed by atoms with Gasteiger partial charge < -0.3 is 42.3 Å². The van der Waals surface area contributed by atoms with Gasteiger partial charge in [-0.25, -0.2) is 0 Å². The molecule has 0 heterocycles. The van der Waals surface area contributed by atoms with Crippen LogP contribution in [0.5, 0.6) is 0 Å². The number of hydrogen-bond acceptors (Lipinski definition) is 8. The van der Waals surface area contributed by atoms with Crippen LogP contribution in [0.15, 0.2) is 12.7 Å². The Morgan fingerprint density at radius 2 is 1.07 bits per heavy atom. The first-order chi connectivity index (χ1) is 17.1. The van der Waals surface area contributed by atoms with Crippen molar-refractivity contribution in [3.8, 4) is 0 Å². The Labute approximate surface area is 278 Å². The van der Waals surface area contributed by atoms with Crippen molar-refractivity contribution < 1.29 is 80.0 Å². The van der Waals surface area contributed by atoms with Gasteiger partial charge in [0.25, 0.3) is 0 Å². The third kappa shape index (κ3) is 19.2. The molecule has 0 unspecified atom stereocenters. The largest absolute Gasteiger partial charge is 1.00 e. The molecular formula is C27H51ClIO8Si2V-. The van der Waals surface area contributed by atoms with E-state index in [-0.39, 0.29) is 108 Å². The van der Waals surface area contributed by atoms with Gasteiger partial charge in [0.1, 0.15) is 5.78 Å². The van der Waals surface area contributed by atoms with Crippen molar-refractivity contribution in [2.75, 3.05) is 20.1 Å². The van der Waals surface area contributed by atoms with E-state index in [1.165, 1.54) is 20.3 Å². The van der Waals surface area contributed by atoms with Crippen molar-refractivity contribution in [2.24, 2.45) is 0 Å². The molecule has 0 N–H and O–H groups in total. The van der Waals surface area contributed by atoms with E-state index >= 15 is 0 Å². The number of carbonyl (C=O) groups is 4. The summed E-state index contributed by atoms with van der Waals surface area (Å²) in [7, 11) is -1.39. The average Bonchev–Trinajstić information content (AvgIpc) is 2.76. The number of halogens is 2. The van der Waals surface area contributed by atoms with E-state index in [2.05, 4.69) is 83.8 Å². The molecular weight excluding hydrogens is 722 g/mol. The summed E-state index contributed by atoms with van der Waals surface area (Å²) in [5, 5.41) is 0.0456. The van der Waals surface area contributed by atoms with Crippen molar-refractivity contribution in [3.63, 3.8) is 0 Å². The van der Waals surface area contributed by atoms with E-state index in [0.717, 1.165) is 0 Å². The van der Waals surface area contributed by atoms with Crippen molar-refractivity contribution in [3.05, 3.63) is 12.7 Å². The molecule has 1 radical (unpaired) electrons. The summed E-state index contributed by atoms with van der Waals surface area (Å²) in [6.07, 6.45) is 0.905. The normalized spacial score (nSPS) is 13.2. The molecule has 0 bridgehead atoms. The van der Waals surface area contributed by atoms with Gasteiger partial charge in [0.05, 0.1) is 45.1 Å². The van der Waals surface area contributed by atoms with Crippen LogP contribution in [0, 0.1) is 0 Å². The van der Waals surface area contributed by atoms with Gasteiger partial charge in [0.2, 0.25) is 0 Å². The zero-order chi connectivity index (χ0) is 30.5. The number of ether oxygens (including phenoxy) is 2. The quantitative estimate of drug-likeness (QED) is 0.0873. The molecule has 0 aliphatic rings. The Morgan fingerprint density at radius 3 is 1.32 bits per heavy atom. The minimum atomic E-state index is -2.03. The Hall–Kier alpha value is -0.0218. The molecule has 0 fully saturated rings. The number of alkyl halides is 1. The van der Waals surface area contributed by atoms with E-state index in [1.54, 1.807) is 0 Å². The topological polar surface area (TPSA) is 105 Å². The summed E-state index contributed by atoms with van der Waals surface area (Å²) in [4.78, 5) is 45.8. The zero-order valence-corrected chi connectivity index (χ0v) is 32.8. The van der Waals surface area contributed by atoms with Gasteiger partial charge in [-0.05, 0) is 42.3 Å². The maximum atomic E-state index is 11.5. The maximum absolute atomic E-state index is 11.5. The standard InChI is InChI=1S/C14H26O4Si.C13H25ClO4Si.HI.V/c1-8-11(15)9-12(10-13(16)17-5)18-19(6,7)14(2,3)4;1-13(2,3)19(5,6)18-11(7-10(15)9-14)8-12(16)17-4;;/h8,12H,1,9-10H2,2-7H3;11H,7-9H2,1-6H3;1H;/p-1/t12-;11-;;/m11../s1. The molecule has 0 spiro atoms. The number of allylic oxidation sites excluding steroid dienone is 1. The summed E-state index contributed by atoms with van der Waals surface area (Å²) in [6.45, 7) is 24.5. The van der Waals surface area contributed by atoms with Gasteiger partial charge in [-0.3, -0.25) is 19.2 Å². The molecule has 0 saturated carbocycles. The molecule has 8 nitrogen and oxygen atoms in total. The van der Waals surface area contributed by atoms with Gasteiger partial charge >= 0.3 is 11.9 Å². The van der Waals surface area contributed by atoms with Crippen LogP contribution in [0.3, 0.4) is 0 Å². The fourth-order valence-corrected chi connectivity index (χ4v) is 5.47. The second-order valence-corrected chi connectivity index (χ2v) is 22.1. The van der Waals surface area contributed by atoms with Gasteiger partial charge in [-0.2, -0.15) is 0 Å². The monoisotopic (exact) mass is 772 g/mol. The Bertz CT molecular complexity index is 793. The van der Waals surface area contributed by atoms with E-state index in [0.29, 0.717) is 0 Å². The molecule has 0 aromatic heterocycles. The molecule has 235 valence electrons. The number of rotatable bonds is 14. The Morgan fingerprint density at radius 1 is 0.750 bits per heavy atom. The van der Waals surface area contributed by atoms with Crippen LogP contribution >= 0.6 is 11.6 Å². The maximum Gasteiger partial charge on any atom is 0.308 e. The van der Waals surface area contributed by atoms with Crippen molar-refractivity contribution in [1.82, 2.24) is 0 Å². The summed E-state index contributed by atoms with van der Waals surface area (Å²) in [5.74, 6) is -1.02. The Balaban J connectivity index is -0.000000309. The first kappa shape index (κ1) is 46.9. The summed E-state index contributed by atoms with van der Waals surface area (Å²) in [6, 6.07) is 0. The molecule has 0 aliphatic heterocycles. The molecule has 13 heteroatoms. The predicted molar refractivity (Wildman–Crippen MR) is 158 cm³/mol. The number of esters is 2. The first-order valence-electron chi connectivity index (χ1n) is 12.8. The summed E-state index contributed by atoms with van der Waals surface area (Å²) >= 11 is 5.52. The number of carbonyl (C=O) groups excluding carboxylic acids is 4. The van der Waals surface area contributed by atoms with E-state index in [4.69, 9.17) is 20.5 Å². The van der Waals surface area contributed by atoms with Crippen molar-refractivity contribution in [1.29, 1.82) is 0 Å². The van der Waals surface area contributed by atoms with Gasteiger partial charge in [-0.1, -0.05) is 48.1 Å². The average molecular weight is 773 g/mol. The summed E-state index contributed by atoms with van der Waals surface area (Å²) < 4.78 is 21.5. The summed E-state index contributed by atoms with van der Waals surface area (Å²) in [5.41, 5.74) is 0. The van der Waals surface area contributed by atoms with Crippen LogP contribution in [-0.4, -0.2) is 72.4 Å². The molecule has 0 rings (SSSR count). The minimum absolute atomic E-state index is 0. The molecule has 0 saturated heterocycles. The smallest absolute Gasteiger partial charge is 0.308 e. The van der Waals surface area contributed by atoms with Gasteiger partial charge in [0.15, 0.2) is 22.4 Å². The van der Waals surface area contributed by atoms with Crippen LogP contribution in [0.2, 0.25) is 36.3 Å². The number of methoxy groups -OCH3 is 2. The number of hydrogen-bond donors (Lipinski definition) is 0. The second kappa shape index (κ2) is 20.8. The molecule has 40 heavy (non-hydrogen) atoms. The van der Waals surface area contributed by atoms with Gasteiger partial charge in [-0.15, -0.1) is 11.6 Å². The van der Waals surface area contributed by atoms with Crippen LogP contribution < -0.4 is 24.0 Å². The predicted octanol–water partition coefficient (Wildman–Crippen LogP) is 3.22. The van der Waals surface area contributed by atoms with Crippen LogP contribution in [0.4, 0.5) is 0 Å². The zero-order valence-electron chi connectivity index (χ0n) is 26.4. The first-order valence-corrected chi connectivity index (χ1v) is 19.1. The molecule has 0 aliphatic carbocycles. The molecule has 2 atom stereocenters. The van der Waals surface area contributed by atoms with Crippen LogP contribution in [0.25, 0.3) is 0 Å². The SMILES string of the molecule is C=CC(=O)C[C@H](CC(=O)OC)O[Si](C)(C)C(C)(C)C.COC(=O)C[C@@H](CC(=O)CCl)O[Si](C)(C)C(C)(C)C.[I-].[V]. The number of ketones is 2. The minimum Gasteiger partial charge on any atom is -1.00 e. The van der Waals surface area contributed by atoms with Crippen LogP contribution in [-0.2, 0) is 56.1 Å². The van der Waals surface area contributed by atoms with Crippen molar-refractivity contribution >= 4 is 51.7 Å². The van der Waals surface area contributed by atoms with E-state index in [1.807, 2.05) is 0 Å². The van der Waals surface area contributed by atoms with E-state index in [9.17, 15) is 19.2 Å². The molecule has 0 aromatic rings. The number of Topliss-reactive ketones (excluding diaryl/α,β-unsaturated/α-hetero) is 1. The Kier molecular flexibility index (Phi) is 24.4. The van der Waals surface area contributed by atoms with E-state index < -0.39 is 28.8 Å². The fraction of sp³-hybridized carbons (Fsp3) is 0.778. The van der Waals surface area contributed by atoms with Gasteiger partial charge in [0, 0.05) is 31.4 Å². The molecule has 0 amide bonds. The molecule has 0 aromatic carbocycles. The third-order valence-corrected chi connectivity index (χ3v) is 16.4. The second-order valence-electron chi connectivity index (χ2n) is 12.3. The fourth-order valence-electron chi connectivity index (χ4n) is 2.65. The van der Waals surface area contributed by atoms with Crippen molar-refractivity contribution in [2.45, 2.75) is 116 Å². The van der Waals surface area contributed by atoms with Crippen LogP contribution in [0.1, 0.15) is 67.2 Å².